The summed E-state index contributed by atoms with van der Waals surface area (Å²) in [4.78, 5) is 10.6. The molecule has 0 atom stereocenters. The number of hydrogen-bond donors (Lipinski definition) is 1. The zero-order chi connectivity index (χ0) is 11.8. The Balaban J connectivity index is 0.000000921. The van der Waals surface area contributed by atoms with Gasteiger partial charge in [-0.2, -0.15) is 0 Å². The average molecular weight is 210 g/mol. The maximum absolute atomic E-state index is 10.6. The van der Waals surface area contributed by atoms with Crippen molar-refractivity contribution in [2.24, 2.45) is 0 Å². The number of hydrogen-bond acceptors (Lipinski definition) is 3. The van der Waals surface area contributed by atoms with Crippen molar-refractivity contribution in [1.29, 1.82) is 0 Å². The fourth-order valence-corrected chi connectivity index (χ4v) is 1.15. The van der Waals surface area contributed by atoms with E-state index in [0.29, 0.717) is 6.61 Å². The molecule has 0 aliphatic heterocycles. The fourth-order valence-electron chi connectivity index (χ4n) is 1.15. The molecule has 15 heavy (non-hydrogen) atoms. The summed E-state index contributed by atoms with van der Waals surface area (Å²) < 4.78 is 4.92. The molecule has 0 heterocycles. The first-order valence-electron chi connectivity index (χ1n) is 4.74. The number of ether oxygens (including phenoxy) is 1. The summed E-state index contributed by atoms with van der Waals surface area (Å²) in [5.74, 6) is -0.235. The van der Waals surface area contributed by atoms with Crippen LogP contribution in [0.3, 0.4) is 0 Å². The molecule has 1 rings (SSSR count). The number of esters is 1. The van der Waals surface area contributed by atoms with Gasteiger partial charge >= 0.3 is 5.97 Å². The molecule has 0 radical (unpaired) electrons. The van der Waals surface area contributed by atoms with E-state index in [-0.39, 0.29) is 5.97 Å². The van der Waals surface area contributed by atoms with E-state index in [2.05, 4.69) is 0 Å². The lowest BCUT2D eigenvalue weighted by molar-refractivity contribution is -0.142. The minimum atomic E-state index is -0.235. The molecule has 84 valence electrons. The summed E-state index contributed by atoms with van der Waals surface area (Å²) >= 11 is 0. The average Bonchev–Trinajstić information content (AvgIpc) is 2.23. The molecule has 0 amide bonds. The van der Waals surface area contributed by atoms with Crippen LogP contribution in [0.2, 0.25) is 0 Å². The van der Waals surface area contributed by atoms with Gasteiger partial charge in [0.25, 0.3) is 0 Å². The fraction of sp³-hybridized carbons (Fsp3) is 0.417. The van der Waals surface area contributed by atoms with Crippen LogP contribution >= 0.6 is 0 Å². The Labute approximate surface area is 90.7 Å². The molecule has 3 nitrogen and oxygen atoms in total. The van der Waals surface area contributed by atoms with Gasteiger partial charge in [0.15, 0.2) is 0 Å². The van der Waals surface area contributed by atoms with Gasteiger partial charge < -0.3 is 9.84 Å². The zero-order valence-electron chi connectivity index (χ0n) is 9.70. The molecular formula is C12H18O3. The molecule has 0 bridgehead atoms. The van der Waals surface area contributed by atoms with E-state index in [1.165, 1.54) is 18.1 Å². The lowest BCUT2D eigenvalue weighted by Crippen LogP contribution is -2.01. The summed E-state index contributed by atoms with van der Waals surface area (Å²) in [5, 5.41) is 7.00. The predicted octanol–water partition coefficient (Wildman–Crippen LogP) is 1.98. The van der Waals surface area contributed by atoms with Crippen LogP contribution in [-0.4, -0.2) is 18.2 Å². The van der Waals surface area contributed by atoms with E-state index in [0.717, 1.165) is 12.7 Å². The third kappa shape index (κ3) is 4.61. The Kier molecular flexibility index (Phi) is 6.38. The topological polar surface area (TPSA) is 46.5 Å². The minimum Gasteiger partial charge on any atom is -0.461 e. The van der Waals surface area contributed by atoms with E-state index < -0.39 is 0 Å². The summed E-state index contributed by atoms with van der Waals surface area (Å²) in [5.41, 5.74) is 3.50. The second-order valence-corrected chi connectivity index (χ2v) is 3.14. The molecule has 0 unspecified atom stereocenters. The van der Waals surface area contributed by atoms with E-state index in [9.17, 15) is 4.79 Å². The van der Waals surface area contributed by atoms with Crippen molar-refractivity contribution in [3.8, 4) is 0 Å². The summed E-state index contributed by atoms with van der Waals surface area (Å²) in [6, 6.07) is 6.00. The van der Waals surface area contributed by atoms with Crippen molar-refractivity contribution < 1.29 is 14.6 Å². The van der Waals surface area contributed by atoms with Crippen LogP contribution < -0.4 is 0 Å². The standard InChI is InChI=1S/C11H14O2.CH4O/c1-8-5-4-6-11(9(8)2)7-13-10(3)12;1-2/h4-6H,7H2,1-3H3;2H,1H3. The SMILES string of the molecule is CC(=O)OCc1cccc(C)c1C.CO. The van der Waals surface area contributed by atoms with Gasteiger partial charge in [-0.05, 0) is 30.5 Å². The highest BCUT2D eigenvalue weighted by Crippen LogP contribution is 2.13. The molecule has 1 N–H and O–H groups in total. The second kappa shape index (κ2) is 7.01. The minimum absolute atomic E-state index is 0.235. The summed E-state index contributed by atoms with van der Waals surface area (Å²) in [6.45, 7) is 5.88. The van der Waals surface area contributed by atoms with Crippen molar-refractivity contribution in [2.75, 3.05) is 7.11 Å². The normalized spacial score (nSPS) is 8.87. The molecule has 1 aromatic carbocycles. The molecule has 0 aliphatic rings. The molecule has 3 heteroatoms. The van der Waals surface area contributed by atoms with Crippen molar-refractivity contribution in [3.05, 3.63) is 34.9 Å². The van der Waals surface area contributed by atoms with Crippen molar-refractivity contribution >= 4 is 5.97 Å². The maximum atomic E-state index is 10.6. The van der Waals surface area contributed by atoms with Crippen molar-refractivity contribution in [3.63, 3.8) is 0 Å². The van der Waals surface area contributed by atoms with E-state index in [1.54, 1.807) is 0 Å². The number of carbonyl (C=O) groups excluding carboxylic acids is 1. The van der Waals surface area contributed by atoms with Crippen LogP contribution in [0.15, 0.2) is 18.2 Å². The Morgan fingerprint density at radius 3 is 2.47 bits per heavy atom. The highest BCUT2D eigenvalue weighted by molar-refractivity contribution is 5.66. The van der Waals surface area contributed by atoms with Gasteiger partial charge in [-0.15, -0.1) is 0 Å². The van der Waals surface area contributed by atoms with Crippen LogP contribution in [-0.2, 0) is 16.1 Å². The number of aliphatic hydroxyl groups excluding tert-OH is 1. The van der Waals surface area contributed by atoms with E-state index in [4.69, 9.17) is 9.84 Å². The van der Waals surface area contributed by atoms with Gasteiger partial charge in [-0.3, -0.25) is 4.79 Å². The van der Waals surface area contributed by atoms with Gasteiger partial charge in [0.05, 0.1) is 0 Å². The quantitative estimate of drug-likeness (QED) is 0.759. The lowest BCUT2D eigenvalue weighted by atomic mass is 10.0. The molecular weight excluding hydrogens is 192 g/mol. The van der Waals surface area contributed by atoms with Gasteiger partial charge in [0, 0.05) is 14.0 Å². The largest absolute Gasteiger partial charge is 0.461 e. The zero-order valence-corrected chi connectivity index (χ0v) is 9.70. The molecule has 0 fully saturated rings. The second-order valence-electron chi connectivity index (χ2n) is 3.14. The maximum Gasteiger partial charge on any atom is 0.302 e. The number of aliphatic hydroxyl groups is 1. The third-order valence-corrected chi connectivity index (χ3v) is 2.15. The lowest BCUT2D eigenvalue weighted by Gasteiger charge is -2.07. The van der Waals surface area contributed by atoms with Gasteiger partial charge in [0.1, 0.15) is 6.61 Å². The van der Waals surface area contributed by atoms with Crippen LogP contribution in [0.1, 0.15) is 23.6 Å². The monoisotopic (exact) mass is 210 g/mol. The van der Waals surface area contributed by atoms with Gasteiger partial charge in [-0.25, -0.2) is 0 Å². The van der Waals surface area contributed by atoms with Crippen LogP contribution in [0, 0.1) is 13.8 Å². The van der Waals surface area contributed by atoms with Crippen LogP contribution in [0.25, 0.3) is 0 Å². The Hall–Kier alpha value is -1.35. The van der Waals surface area contributed by atoms with Crippen LogP contribution in [0.5, 0.6) is 0 Å². The molecule has 0 saturated carbocycles. The molecule has 0 saturated heterocycles. The smallest absolute Gasteiger partial charge is 0.302 e. The predicted molar refractivity (Wildman–Crippen MR) is 59.5 cm³/mol. The Bertz CT molecular complexity index is 319. The Morgan fingerprint density at radius 1 is 1.33 bits per heavy atom. The molecule has 0 aromatic heterocycles. The molecule has 0 spiro atoms. The number of carbonyl (C=O) groups is 1. The van der Waals surface area contributed by atoms with Gasteiger partial charge in [-0.1, -0.05) is 18.2 Å². The van der Waals surface area contributed by atoms with Gasteiger partial charge in [0.2, 0.25) is 0 Å². The van der Waals surface area contributed by atoms with Crippen molar-refractivity contribution in [1.82, 2.24) is 0 Å². The van der Waals surface area contributed by atoms with Crippen LogP contribution in [0.4, 0.5) is 0 Å². The molecule has 0 aliphatic carbocycles. The first-order chi connectivity index (χ1) is 7.11. The highest BCUT2D eigenvalue weighted by atomic mass is 16.5. The Morgan fingerprint density at radius 2 is 1.93 bits per heavy atom. The first-order valence-corrected chi connectivity index (χ1v) is 4.74. The summed E-state index contributed by atoms with van der Waals surface area (Å²) in [7, 11) is 1.00. The number of benzene rings is 1. The summed E-state index contributed by atoms with van der Waals surface area (Å²) in [6.07, 6.45) is 0. The third-order valence-electron chi connectivity index (χ3n) is 2.15. The number of rotatable bonds is 2. The number of aryl methyl sites for hydroxylation is 1. The first kappa shape index (κ1) is 13.7. The highest BCUT2D eigenvalue weighted by Gasteiger charge is 2.01. The van der Waals surface area contributed by atoms with Crippen molar-refractivity contribution in [2.45, 2.75) is 27.4 Å². The van der Waals surface area contributed by atoms with E-state index >= 15 is 0 Å². The molecule has 1 aromatic rings. The van der Waals surface area contributed by atoms with E-state index in [1.807, 2.05) is 32.0 Å².